The van der Waals surface area contributed by atoms with Gasteiger partial charge in [0.25, 0.3) is 11.4 Å². The molecule has 0 bridgehead atoms. The third-order valence-electron chi connectivity index (χ3n) is 4.05. The van der Waals surface area contributed by atoms with Gasteiger partial charge in [-0.1, -0.05) is 0 Å². The first-order chi connectivity index (χ1) is 16.0. The fourth-order valence-electron chi connectivity index (χ4n) is 2.10. The molecule has 1 rings (SSSR count). The number of halogens is 12. The molecule has 0 amide bonds. The number of nitrogens with zero attached hydrogens (tertiary/aromatic N) is 2. The summed E-state index contributed by atoms with van der Waals surface area (Å²) in [6, 6.07) is 1.83. The number of thioether (sulfide) groups is 1. The van der Waals surface area contributed by atoms with E-state index in [-0.39, 0.29) is 11.8 Å². The molecule has 0 fully saturated rings. The van der Waals surface area contributed by atoms with E-state index in [9.17, 15) is 77.7 Å². The maximum absolute atomic E-state index is 13.6. The molecule has 36 heavy (non-hydrogen) atoms. The highest BCUT2D eigenvalue weighted by Gasteiger charge is 2.87. The van der Waals surface area contributed by atoms with Gasteiger partial charge in [0, 0.05) is 6.07 Å². The summed E-state index contributed by atoms with van der Waals surface area (Å²) in [4.78, 5) is 30.3. The second-order valence-corrected chi connectivity index (χ2v) is 7.48. The normalized spacial score (nSPS) is 13.6. The smallest absolute Gasteiger partial charge is 0.384 e. The fourth-order valence-corrected chi connectivity index (χ4v) is 2.90. The Morgan fingerprint density at radius 1 is 0.889 bits per heavy atom. The number of carbonyl (C=O) groups is 1. The zero-order valence-corrected chi connectivity index (χ0v) is 17.3. The van der Waals surface area contributed by atoms with Crippen molar-refractivity contribution in [3.63, 3.8) is 0 Å². The van der Waals surface area contributed by atoms with E-state index in [1.807, 2.05) is 0 Å². The highest BCUT2D eigenvalue weighted by atomic mass is 32.2. The predicted molar refractivity (Wildman–Crippen MR) is 92.2 cm³/mol. The number of hydrogen-bond donors (Lipinski definition) is 0. The summed E-state index contributed by atoms with van der Waals surface area (Å²) >= 11 is 0.0565. The minimum absolute atomic E-state index is 0.0565. The van der Waals surface area contributed by atoms with Crippen LogP contribution >= 0.6 is 11.8 Å². The lowest BCUT2D eigenvalue weighted by Crippen LogP contribution is -2.69. The molecule has 0 unspecified atom stereocenters. The lowest BCUT2D eigenvalue weighted by molar-refractivity contribution is -0.414. The zero-order valence-electron chi connectivity index (χ0n) is 16.5. The topological polar surface area (TPSA) is 113 Å². The Bertz CT molecular complexity index is 1020. The molecular weight excluding hydrogens is 564 g/mol. The minimum atomic E-state index is -7.79. The second-order valence-electron chi connectivity index (χ2n) is 6.47. The Kier molecular flexibility index (Phi) is 8.76. The molecule has 1 aromatic rings. The van der Waals surface area contributed by atoms with E-state index in [2.05, 4.69) is 4.74 Å². The molecule has 0 N–H and O–H groups in total. The number of benzene rings is 1. The minimum Gasteiger partial charge on any atom is -0.458 e. The number of nitro groups is 2. The van der Waals surface area contributed by atoms with Gasteiger partial charge >= 0.3 is 42.0 Å². The Hall–Kier alpha value is -3.00. The average molecular weight is 572 g/mol. The highest BCUT2D eigenvalue weighted by Crippen LogP contribution is 2.58. The van der Waals surface area contributed by atoms with Crippen LogP contribution < -0.4 is 0 Å². The van der Waals surface area contributed by atoms with Gasteiger partial charge in [0.05, 0.1) is 26.6 Å². The summed E-state index contributed by atoms with van der Waals surface area (Å²) in [5.74, 6) is -39.9. The van der Waals surface area contributed by atoms with Crippen LogP contribution in [0, 0.1) is 20.2 Å². The van der Waals surface area contributed by atoms with Crippen LogP contribution in [0.5, 0.6) is 0 Å². The molecule has 0 heterocycles. The van der Waals surface area contributed by atoms with Gasteiger partial charge in [-0.3, -0.25) is 25.0 Å². The summed E-state index contributed by atoms with van der Waals surface area (Å²) in [6.45, 7) is -3.13. The first kappa shape index (κ1) is 31.0. The van der Waals surface area contributed by atoms with Gasteiger partial charge in [-0.05, 0) is 6.07 Å². The molecule has 0 saturated carbocycles. The number of ether oxygens (including phenoxy) is 1. The molecule has 0 radical (unpaired) electrons. The van der Waals surface area contributed by atoms with Gasteiger partial charge in [0.15, 0.2) is 6.61 Å². The van der Waals surface area contributed by atoms with Crippen LogP contribution in [0.4, 0.5) is 64.1 Å². The van der Waals surface area contributed by atoms with Gasteiger partial charge in [-0.15, -0.1) is 11.8 Å². The molecular formula is C15H8F12N2O6S. The Labute approximate surface area is 193 Å². The Morgan fingerprint density at radius 2 is 1.42 bits per heavy atom. The van der Waals surface area contributed by atoms with Gasteiger partial charge in [0.2, 0.25) is 0 Å². The quantitative estimate of drug-likeness (QED) is 0.106. The first-order valence-electron chi connectivity index (χ1n) is 8.43. The first-order valence-corrected chi connectivity index (χ1v) is 9.41. The number of nitro benzene ring substituents is 2. The largest absolute Gasteiger partial charge is 0.458 e. The number of rotatable bonds is 12. The average Bonchev–Trinajstić information content (AvgIpc) is 2.75. The van der Waals surface area contributed by atoms with E-state index in [1.165, 1.54) is 0 Å². The van der Waals surface area contributed by atoms with E-state index < -0.39 is 80.5 Å². The van der Waals surface area contributed by atoms with E-state index in [4.69, 9.17) is 0 Å². The zero-order chi connectivity index (χ0) is 28.5. The van der Waals surface area contributed by atoms with Crippen molar-refractivity contribution in [2.75, 3.05) is 12.4 Å². The van der Waals surface area contributed by atoms with Crippen molar-refractivity contribution >= 4 is 29.1 Å². The van der Waals surface area contributed by atoms with Crippen molar-refractivity contribution in [2.45, 2.75) is 40.9 Å². The summed E-state index contributed by atoms with van der Waals surface area (Å²) in [6.07, 6.45) is -5.67. The standard InChI is InChI=1S/C15H8F12N2O6S/c16-10(17)12(20,21)14(24,25)15(26,27)13(22,23)11(18,19)5-35-9(30)4-36-8-2-1-6(28(31)32)3-7(8)29(33)34/h1-3,10H,4-5H2. The molecule has 21 heteroatoms. The third-order valence-corrected chi connectivity index (χ3v) is 5.09. The maximum Gasteiger partial charge on any atom is 0.384 e. The lowest BCUT2D eigenvalue weighted by Gasteiger charge is -2.38. The molecule has 0 spiro atoms. The molecule has 0 aromatic heterocycles. The molecule has 204 valence electrons. The van der Waals surface area contributed by atoms with Crippen LogP contribution in [-0.2, 0) is 9.53 Å². The monoisotopic (exact) mass is 572 g/mol. The van der Waals surface area contributed by atoms with E-state index in [0.29, 0.717) is 18.2 Å². The molecule has 1 aromatic carbocycles. The summed E-state index contributed by atoms with van der Waals surface area (Å²) in [5.41, 5.74) is -1.77. The molecule has 0 saturated heterocycles. The van der Waals surface area contributed by atoms with Crippen molar-refractivity contribution in [1.29, 1.82) is 0 Å². The SMILES string of the molecule is O=C(CSc1ccc([N+](=O)[O-])cc1[N+](=O)[O-])OCC(F)(F)C(F)(F)C(F)(F)C(F)(F)C(F)(F)C(F)F. The molecule has 0 aliphatic carbocycles. The molecule has 0 atom stereocenters. The number of non-ortho nitro benzene ring substituents is 1. The maximum atomic E-state index is 13.6. The van der Waals surface area contributed by atoms with E-state index >= 15 is 0 Å². The summed E-state index contributed by atoms with van der Waals surface area (Å²) in [5, 5.41) is 21.6. The summed E-state index contributed by atoms with van der Waals surface area (Å²) in [7, 11) is 0. The third kappa shape index (κ3) is 5.53. The lowest BCUT2D eigenvalue weighted by atomic mass is 9.94. The van der Waals surface area contributed by atoms with Crippen molar-refractivity contribution in [3.8, 4) is 0 Å². The van der Waals surface area contributed by atoms with Crippen molar-refractivity contribution in [1.82, 2.24) is 0 Å². The second kappa shape index (κ2) is 10.2. The van der Waals surface area contributed by atoms with Crippen LogP contribution in [-0.4, -0.2) is 64.2 Å². The van der Waals surface area contributed by atoms with Gasteiger partial charge < -0.3 is 4.74 Å². The summed E-state index contributed by atoms with van der Waals surface area (Å²) < 4.78 is 160. The number of hydrogen-bond acceptors (Lipinski definition) is 7. The van der Waals surface area contributed by atoms with Gasteiger partial charge in [0.1, 0.15) is 0 Å². The van der Waals surface area contributed by atoms with Gasteiger partial charge in [-0.2, -0.15) is 43.9 Å². The molecule has 0 aliphatic heterocycles. The highest BCUT2D eigenvalue weighted by molar-refractivity contribution is 8.00. The van der Waals surface area contributed by atoms with Crippen LogP contribution in [0.3, 0.4) is 0 Å². The number of carbonyl (C=O) groups excluding carboxylic acids is 1. The predicted octanol–water partition coefficient (Wildman–Crippen LogP) is 5.58. The molecule has 8 nitrogen and oxygen atoms in total. The van der Waals surface area contributed by atoms with E-state index in [0.717, 1.165) is 0 Å². The van der Waals surface area contributed by atoms with Crippen LogP contribution in [0.25, 0.3) is 0 Å². The van der Waals surface area contributed by atoms with E-state index in [1.54, 1.807) is 0 Å². The van der Waals surface area contributed by atoms with Crippen LogP contribution in [0.2, 0.25) is 0 Å². The van der Waals surface area contributed by atoms with Crippen LogP contribution in [0.1, 0.15) is 0 Å². The van der Waals surface area contributed by atoms with Gasteiger partial charge in [-0.25, -0.2) is 8.78 Å². The van der Waals surface area contributed by atoms with Crippen molar-refractivity contribution in [3.05, 3.63) is 38.4 Å². The van der Waals surface area contributed by atoms with Crippen LogP contribution in [0.15, 0.2) is 23.1 Å². The number of esters is 1. The van der Waals surface area contributed by atoms with Crippen molar-refractivity contribution < 1.29 is 72.1 Å². The van der Waals surface area contributed by atoms with Crippen molar-refractivity contribution in [2.24, 2.45) is 0 Å². The Morgan fingerprint density at radius 3 is 1.86 bits per heavy atom. The fraction of sp³-hybridized carbons (Fsp3) is 0.533. The number of alkyl halides is 12. The molecule has 0 aliphatic rings. The Balaban J connectivity index is 3.02.